The Morgan fingerprint density at radius 1 is 1.57 bits per heavy atom. The molecule has 0 aliphatic carbocycles. The normalized spacial score (nSPS) is 9.86. The van der Waals surface area contributed by atoms with E-state index in [1.165, 1.54) is 19.1 Å². The average molecular weight is 216 g/mol. The highest BCUT2D eigenvalue weighted by atomic mass is 35.5. The van der Waals surface area contributed by atoms with Crippen LogP contribution in [0, 0.1) is 17.0 Å². The Bertz CT molecular complexity index is 416. The second kappa shape index (κ2) is 3.63. The number of hydrogen-bond acceptors (Lipinski definition) is 3. The number of carboxylic acid groups (broad SMARTS) is 1. The van der Waals surface area contributed by atoms with Crippen LogP contribution in [0.2, 0.25) is 5.02 Å². The van der Waals surface area contributed by atoms with Gasteiger partial charge in [0.15, 0.2) is 0 Å². The fourth-order valence-corrected chi connectivity index (χ4v) is 1.41. The van der Waals surface area contributed by atoms with Crippen molar-refractivity contribution < 1.29 is 14.8 Å². The van der Waals surface area contributed by atoms with Crippen molar-refractivity contribution in [1.82, 2.24) is 0 Å². The van der Waals surface area contributed by atoms with Crippen LogP contribution in [-0.2, 0) is 0 Å². The molecule has 14 heavy (non-hydrogen) atoms. The fourth-order valence-electron chi connectivity index (χ4n) is 1.05. The number of benzene rings is 1. The van der Waals surface area contributed by atoms with Crippen LogP contribution in [0.5, 0.6) is 0 Å². The first-order valence-electron chi connectivity index (χ1n) is 3.62. The first-order valence-corrected chi connectivity index (χ1v) is 3.99. The Morgan fingerprint density at radius 2 is 2.14 bits per heavy atom. The summed E-state index contributed by atoms with van der Waals surface area (Å²) in [5.41, 5.74) is -0.277. The molecule has 5 nitrogen and oxygen atoms in total. The first kappa shape index (κ1) is 10.5. The second-order valence-corrected chi connectivity index (χ2v) is 3.03. The third-order valence-electron chi connectivity index (χ3n) is 1.73. The fraction of sp³-hybridized carbons (Fsp3) is 0.125. The van der Waals surface area contributed by atoms with Gasteiger partial charge in [0.05, 0.1) is 10.5 Å². The molecular formula is C8H6ClNO4. The van der Waals surface area contributed by atoms with E-state index in [-0.39, 0.29) is 16.3 Å². The van der Waals surface area contributed by atoms with Gasteiger partial charge in [0.25, 0.3) is 5.69 Å². The molecule has 0 radical (unpaired) electrons. The lowest BCUT2D eigenvalue weighted by molar-refractivity contribution is -0.385. The first-order chi connectivity index (χ1) is 6.45. The number of carboxylic acids is 1. The second-order valence-electron chi connectivity index (χ2n) is 2.65. The maximum atomic E-state index is 10.6. The predicted molar refractivity (Wildman–Crippen MR) is 49.8 cm³/mol. The summed E-state index contributed by atoms with van der Waals surface area (Å²) in [7, 11) is 0. The van der Waals surface area contributed by atoms with Crippen LogP contribution in [0.4, 0.5) is 5.69 Å². The standard InChI is InChI=1S/C8H6ClNO4/c1-4-2-3-5(8(11)12)6(9)7(4)10(13)14/h2-3H,1H3,(H,11,12). The topological polar surface area (TPSA) is 80.4 Å². The van der Waals surface area contributed by atoms with Crippen molar-refractivity contribution in [3.05, 3.63) is 38.4 Å². The molecule has 1 aromatic carbocycles. The van der Waals surface area contributed by atoms with Gasteiger partial charge in [-0.05, 0) is 13.0 Å². The van der Waals surface area contributed by atoms with Crippen molar-refractivity contribution in [3.8, 4) is 0 Å². The number of rotatable bonds is 2. The third-order valence-corrected chi connectivity index (χ3v) is 2.11. The van der Waals surface area contributed by atoms with Crippen LogP contribution in [0.15, 0.2) is 12.1 Å². The number of nitro groups is 1. The molecule has 0 atom stereocenters. The van der Waals surface area contributed by atoms with Crippen LogP contribution in [-0.4, -0.2) is 16.0 Å². The Labute approximate surface area is 84.1 Å². The van der Waals surface area contributed by atoms with E-state index in [2.05, 4.69) is 0 Å². The van der Waals surface area contributed by atoms with E-state index in [9.17, 15) is 14.9 Å². The lowest BCUT2D eigenvalue weighted by Crippen LogP contribution is -2.01. The number of nitro benzene ring substituents is 1. The van der Waals surface area contributed by atoms with Crippen LogP contribution >= 0.6 is 11.6 Å². The summed E-state index contributed by atoms with van der Waals surface area (Å²) in [5, 5.41) is 18.9. The van der Waals surface area contributed by atoms with Gasteiger partial charge in [-0.2, -0.15) is 0 Å². The molecule has 0 aromatic heterocycles. The van der Waals surface area contributed by atoms with Crippen molar-refractivity contribution in [3.63, 3.8) is 0 Å². The van der Waals surface area contributed by atoms with Gasteiger partial charge in [-0.25, -0.2) is 4.79 Å². The molecule has 0 unspecified atom stereocenters. The van der Waals surface area contributed by atoms with Crippen LogP contribution in [0.25, 0.3) is 0 Å². The molecule has 0 aliphatic rings. The number of aryl methyl sites for hydroxylation is 1. The number of carbonyl (C=O) groups is 1. The van der Waals surface area contributed by atoms with Crippen molar-refractivity contribution in [2.45, 2.75) is 6.92 Å². The molecule has 0 aliphatic heterocycles. The summed E-state index contributed by atoms with van der Waals surface area (Å²) >= 11 is 5.58. The minimum absolute atomic E-state index is 0.260. The molecule has 0 saturated heterocycles. The molecule has 74 valence electrons. The Hall–Kier alpha value is -1.62. The van der Waals surface area contributed by atoms with E-state index in [0.717, 1.165) is 0 Å². The van der Waals surface area contributed by atoms with Crippen molar-refractivity contribution in [2.24, 2.45) is 0 Å². The van der Waals surface area contributed by atoms with E-state index in [1.54, 1.807) is 0 Å². The van der Waals surface area contributed by atoms with Gasteiger partial charge < -0.3 is 5.11 Å². The van der Waals surface area contributed by atoms with E-state index in [1.807, 2.05) is 0 Å². The quantitative estimate of drug-likeness (QED) is 0.606. The highest BCUT2D eigenvalue weighted by Gasteiger charge is 2.22. The van der Waals surface area contributed by atoms with Gasteiger partial charge in [0.2, 0.25) is 0 Å². The minimum atomic E-state index is -1.28. The molecule has 0 fully saturated rings. The van der Waals surface area contributed by atoms with Crippen LogP contribution < -0.4 is 0 Å². The lowest BCUT2D eigenvalue weighted by Gasteiger charge is -2.02. The van der Waals surface area contributed by atoms with E-state index in [4.69, 9.17) is 16.7 Å². The zero-order valence-electron chi connectivity index (χ0n) is 7.15. The monoisotopic (exact) mass is 215 g/mol. The predicted octanol–water partition coefficient (Wildman–Crippen LogP) is 2.25. The highest BCUT2D eigenvalue weighted by molar-refractivity contribution is 6.35. The van der Waals surface area contributed by atoms with E-state index < -0.39 is 10.9 Å². The number of halogens is 1. The Morgan fingerprint density at radius 3 is 2.57 bits per heavy atom. The van der Waals surface area contributed by atoms with Gasteiger partial charge in [0.1, 0.15) is 5.02 Å². The zero-order chi connectivity index (χ0) is 10.9. The maximum absolute atomic E-state index is 10.6. The van der Waals surface area contributed by atoms with Gasteiger partial charge in [0, 0.05) is 5.56 Å². The van der Waals surface area contributed by atoms with Gasteiger partial charge >= 0.3 is 5.97 Å². The zero-order valence-corrected chi connectivity index (χ0v) is 7.91. The Kier molecular flexibility index (Phi) is 2.71. The molecule has 0 amide bonds. The summed E-state index contributed by atoms with van der Waals surface area (Å²) in [5.74, 6) is -1.28. The number of aromatic carboxylic acids is 1. The van der Waals surface area contributed by atoms with Gasteiger partial charge in [-0.15, -0.1) is 0 Å². The van der Waals surface area contributed by atoms with Crippen molar-refractivity contribution >= 4 is 23.3 Å². The molecule has 0 saturated carbocycles. The molecule has 1 N–H and O–H groups in total. The minimum Gasteiger partial charge on any atom is -0.478 e. The largest absolute Gasteiger partial charge is 0.478 e. The average Bonchev–Trinajstić information content (AvgIpc) is 2.02. The number of nitrogens with zero attached hydrogens (tertiary/aromatic N) is 1. The third kappa shape index (κ3) is 1.67. The highest BCUT2D eigenvalue weighted by Crippen LogP contribution is 2.31. The maximum Gasteiger partial charge on any atom is 0.337 e. The summed E-state index contributed by atoms with van der Waals surface area (Å²) < 4.78 is 0. The van der Waals surface area contributed by atoms with Gasteiger partial charge in [-0.3, -0.25) is 10.1 Å². The lowest BCUT2D eigenvalue weighted by atomic mass is 10.1. The molecule has 1 aromatic rings. The summed E-state index contributed by atoms with van der Waals surface area (Å²) in [6, 6.07) is 2.60. The van der Waals surface area contributed by atoms with Crippen LogP contribution in [0.1, 0.15) is 15.9 Å². The molecule has 0 heterocycles. The molecular weight excluding hydrogens is 210 g/mol. The Balaban J connectivity index is 3.49. The number of hydrogen-bond donors (Lipinski definition) is 1. The van der Waals surface area contributed by atoms with Crippen LogP contribution in [0.3, 0.4) is 0 Å². The summed E-state index contributed by atoms with van der Waals surface area (Å²) in [6.07, 6.45) is 0. The molecule has 1 rings (SSSR count). The molecule has 0 bridgehead atoms. The van der Waals surface area contributed by atoms with Crippen molar-refractivity contribution in [1.29, 1.82) is 0 Å². The van der Waals surface area contributed by atoms with E-state index >= 15 is 0 Å². The SMILES string of the molecule is Cc1ccc(C(=O)O)c(Cl)c1[N+](=O)[O-]. The van der Waals surface area contributed by atoms with E-state index in [0.29, 0.717) is 5.56 Å². The molecule has 6 heteroatoms. The smallest absolute Gasteiger partial charge is 0.337 e. The van der Waals surface area contributed by atoms with Gasteiger partial charge in [-0.1, -0.05) is 17.7 Å². The summed E-state index contributed by atoms with van der Waals surface area (Å²) in [6.45, 7) is 1.50. The summed E-state index contributed by atoms with van der Waals surface area (Å²) in [4.78, 5) is 20.5. The molecule has 0 spiro atoms. The van der Waals surface area contributed by atoms with Crippen molar-refractivity contribution in [2.75, 3.05) is 0 Å².